The molecule has 6 N–H and O–H groups in total. The van der Waals surface area contributed by atoms with Crippen LogP contribution in [0.2, 0.25) is 0 Å². The minimum Gasteiger partial charge on any atom is -0.480 e. The van der Waals surface area contributed by atoms with Crippen molar-refractivity contribution < 1.29 is 19.5 Å². The summed E-state index contributed by atoms with van der Waals surface area (Å²) in [6.45, 7) is 1.28. The van der Waals surface area contributed by atoms with Crippen LogP contribution in [-0.2, 0) is 20.8 Å². The predicted octanol–water partition coefficient (Wildman–Crippen LogP) is 0.164. The second-order valence-electron chi connectivity index (χ2n) is 7.08. The van der Waals surface area contributed by atoms with Crippen LogP contribution in [0, 0.1) is 0 Å². The molecule has 8 nitrogen and oxygen atoms in total. The van der Waals surface area contributed by atoms with Crippen molar-refractivity contribution >= 4 is 17.8 Å². The van der Waals surface area contributed by atoms with Gasteiger partial charge in [-0.2, -0.15) is 0 Å². The zero-order valence-electron chi connectivity index (χ0n) is 16.0. The monoisotopic (exact) mass is 390 g/mol. The standard InChI is InChI=1S/C20H30N4O4/c21-11-5-4-9-16(23-18(25)15-10-6-12-22-15)19(26)24-17(20(27)28)13-14-7-2-1-3-8-14/h1-3,7-8,15-17,22H,4-6,9-13,21H2,(H,23,25)(H,24,26)(H,27,28)/t15-,16-,17-/m0/s1. The Morgan fingerprint density at radius 3 is 2.50 bits per heavy atom. The Kier molecular flexibility index (Phi) is 8.90. The zero-order chi connectivity index (χ0) is 20.4. The number of rotatable bonds is 11. The van der Waals surface area contributed by atoms with Crippen LogP contribution in [0.3, 0.4) is 0 Å². The van der Waals surface area contributed by atoms with Crippen molar-refractivity contribution in [1.29, 1.82) is 0 Å². The lowest BCUT2D eigenvalue weighted by Gasteiger charge is -2.23. The van der Waals surface area contributed by atoms with Crippen LogP contribution in [0.5, 0.6) is 0 Å². The Morgan fingerprint density at radius 2 is 1.89 bits per heavy atom. The smallest absolute Gasteiger partial charge is 0.326 e. The number of hydrogen-bond acceptors (Lipinski definition) is 5. The molecule has 1 aliphatic heterocycles. The first kappa shape index (κ1) is 21.8. The molecule has 1 aliphatic rings. The minimum absolute atomic E-state index is 0.176. The number of nitrogens with one attached hydrogen (secondary N) is 3. The summed E-state index contributed by atoms with van der Waals surface area (Å²) in [7, 11) is 0. The SMILES string of the molecule is NCCCC[C@H](NC(=O)[C@@H]1CCCN1)C(=O)N[C@@H](Cc1ccccc1)C(=O)O. The molecule has 28 heavy (non-hydrogen) atoms. The van der Waals surface area contributed by atoms with Crippen molar-refractivity contribution in [2.24, 2.45) is 5.73 Å². The fraction of sp³-hybridized carbons (Fsp3) is 0.550. The van der Waals surface area contributed by atoms with E-state index >= 15 is 0 Å². The highest BCUT2D eigenvalue weighted by Crippen LogP contribution is 2.09. The molecule has 1 aromatic rings. The number of unbranched alkanes of at least 4 members (excludes halogenated alkanes) is 1. The summed E-state index contributed by atoms with van der Waals surface area (Å²) in [5.41, 5.74) is 6.34. The lowest BCUT2D eigenvalue weighted by Crippen LogP contribution is -2.54. The summed E-state index contributed by atoms with van der Waals surface area (Å²) in [6, 6.07) is 6.97. The maximum atomic E-state index is 12.8. The second-order valence-corrected chi connectivity index (χ2v) is 7.08. The van der Waals surface area contributed by atoms with Gasteiger partial charge < -0.3 is 26.8 Å². The molecule has 3 atom stereocenters. The van der Waals surface area contributed by atoms with Gasteiger partial charge in [0, 0.05) is 6.42 Å². The molecular formula is C20H30N4O4. The summed E-state index contributed by atoms with van der Waals surface area (Å²) >= 11 is 0. The van der Waals surface area contributed by atoms with Gasteiger partial charge in [-0.15, -0.1) is 0 Å². The molecule has 1 aromatic carbocycles. The van der Waals surface area contributed by atoms with Crippen LogP contribution >= 0.6 is 0 Å². The number of carbonyl (C=O) groups is 3. The molecule has 8 heteroatoms. The zero-order valence-corrected chi connectivity index (χ0v) is 16.0. The number of carboxylic acids is 1. The largest absolute Gasteiger partial charge is 0.480 e. The fourth-order valence-corrected chi connectivity index (χ4v) is 3.26. The first-order chi connectivity index (χ1) is 13.5. The third kappa shape index (κ3) is 6.94. The van der Waals surface area contributed by atoms with Gasteiger partial charge in [0.15, 0.2) is 0 Å². The van der Waals surface area contributed by atoms with Gasteiger partial charge in [0.1, 0.15) is 12.1 Å². The predicted molar refractivity (Wildman–Crippen MR) is 106 cm³/mol. The van der Waals surface area contributed by atoms with Crippen LogP contribution in [0.15, 0.2) is 30.3 Å². The lowest BCUT2D eigenvalue weighted by molar-refractivity contribution is -0.142. The van der Waals surface area contributed by atoms with Gasteiger partial charge in [0.2, 0.25) is 11.8 Å². The second kappa shape index (κ2) is 11.4. The first-order valence-electron chi connectivity index (χ1n) is 9.82. The number of nitrogens with two attached hydrogens (primary N) is 1. The summed E-state index contributed by atoms with van der Waals surface area (Å²) in [6.07, 6.45) is 3.64. The lowest BCUT2D eigenvalue weighted by atomic mass is 10.0. The average Bonchev–Trinajstić information content (AvgIpc) is 3.22. The summed E-state index contributed by atoms with van der Waals surface area (Å²) < 4.78 is 0. The third-order valence-corrected chi connectivity index (χ3v) is 4.85. The van der Waals surface area contributed by atoms with Crippen molar-refractivity contribution in [2.45, 2.75) is 56.7 Å². The summed E-state index contributed by atoms with van der Waals surface area (Å²) in [4.78, 5) is 36.8. The minimum atomic E-state index is -1.11. The van der Waals surface area contributed by atoms with Gasteiger partial charge in [-0.05, 0) is 50.8 Å². The van der Waals surface area contributed by atoms with E-state index in [2.05, 4.69) is 16.0 Å². The van der Waals surface area contributed by atoms with Crippen molar-refractivity contribution in [3.8, 4) is 0 Å². The first-order valence-corrected chi connectivity index (χ1v) is 9.82. The van der Waals surface area contributed by atoms with Crippen molar-refractivity contribution in [2.75, 3.05) is 13.1 Å². The molecule has 2 rings (SSSR count). The highest BCUT2D eigenvalue weighted by atomic mass is 16.4. The highest BCUT2D eigenvalue weighted by molar-refractivity contribution is 5.92. The Labute approximate surface area is 165 Å². The Morgan fingerprint density at radius 1 is 1.14 bits per heavy atom. The van der Waals surface area contributed by atoms with E-state index in [4.69, 9.17) is 5.73 Å². The molecule has 1 fully saturated rings. The van der Waals surface area contributed by atoms with Gasteiger partial charge in [0.05, 0.1) is 6.04 Å². The van der Waals surface area contributed by atoms with Crippen LogP contribution in [0.25, 0.3) is 0 Å². The van der Waals surface area contributed by atoms with Crippen molar-refractivity contribution in [3.05, 3.63) is 35.9 Å². The van der Waals surface area contributed by atoms with Crippen LogP contribution in [0.1, 0.15) is 37.7 Å². The number of hydrogen-bond donors (Lipinski definition) is 5. The molecule has 2 amide bonds. The van der Waals surface area contributed by atoms with E-state index in [1.165, 1.54) is 0 Å². The summed E-state index contributed by atoms with van der Waals surface area (Å²) in [5.74, 6) is -1.81. The molecular weight excluding hydrogens is 360 g/mol. The van der Waals surface area contributed by atoms with E-state index in [0.717, 1.165) is 31.4 Å². The summed E-state index contributed by atoms with van der Waals surface area (Å²) in [5, 5.41) is 18.0. The average molecular weight is 390 g/mol. The van der Waals surface area contributed by atoms with Gasteiger partial charge in [0.25, 0.3) is 0 Å². The van der Waals surface area contributed by atoms with Gasteiger partial charge in [-0.1, -0.05) is 30.3 Å². The Balaban J connectivity index is 2.01. The van der Waals surface area contributed by atoms with Crippen molar-refractivity contribution in [3.63, 3.8) is 0 Å². The molecule has 0 bridgehead atoms. The van der Waals surface area contributed by atoms with Crippen LogP contribution < -0.4 is 21.7 Å². The Hall–Kier alpha value is -2.45. The molecule has 0 radical (unpaired) electrons. The molecule has 0 aliphatic carbocycles. The molecule has 0 spiro atoms. The van der Waals surface area contributed by atoms with E-state index in [0.29, 0.717) is 19.4 Å². The maximum Gasteiger partial charge on any atom is 0.326 e. The van der Waals surface area contributed by atoms with Crippen LogP contribution in [0.4, 0.5) is 0 Å². The molecule has 0 saturated carbocycles. The van der Waals surface area contributed by atoms with Gasteiger partial charge in [-0.25, -0.2) is 4.79 Å². The van der Waals surface area contributed by atoms with E-state index in [9.17, 15) is 19.5 Å². The van der Waals surface area contributed by atoms with E-state index < -0.39 is 24.0 Å². The number of amides is 2. The van der Waals surface area contributed by atoms with E-state index in [1.807, 2.05) is 30.3 Å². The van der Waals surface area contributed by atoms with E-state index in [-0.39, 0.29) is 18.4 Å². The molecule has 0 aromatic heterocycles. The topological polar surface area (TPSA) is 134 Å². The fourth-order valence-electron chi connectivity index (χ4n) is 3.26. The maximum absolute atomic E-state index is 12.8. The van der Waals surface area contributed by atoms with E-state index in [1.54, 1.807) is 0 Å². The van der Waals surface area contributed by atoms with Gasteiger partial charge >= 0.3 is 5.97 Å². The molecule has 0 unspecified atom stereocenters. The van der Waals surface area contributed by atoms with Gasteiger partial charge in [-0.3, -0.25) is 9.59 Å². The highest BCUT2D eigenvalue weighted by Gasteiger charge is 2.29. The number of aliphatic carboxylic acids is 1. The molecule has 1 saturated heterocycles. The number of carbonyl (C=O) groups excluding carboxylic acids is 2. The molecule has 1 heterocycles. The van der Waals surface area contributed by atoms with Crippen LogP contribution in [-0.4, -0.2) is 54.1 Å². The third-order valence-electron chi connectivity index (χ3n) is 4.85. The quantitative estimate of drug-likeness (QED) is 0.342. The Bertz CT molecular complexity index is 647. The molecule has 154 valence electrons. The van der Waals surface area contributed by atoms with Crippen molar-refractivity contribution in [1.82, 2.24) is 16.0 Å². The number of carboxylic acid groups (broad SMARTS) is 1. The number of benzene rings is 1. The normalized spacial score (nSPS) is 18.2.